The van der Waals surface area contributed by atoms with Gasteiger partial charge in [-0.2, -0.15) is 17.6 Å². The summed E-state index contributed by atoms with van der Waals surface area (Å²) < 4.78 is 47.1. The second kappa shape index (κ2) is 10.7. The van der Waals surface area contributed by atoms with Crippen LogP contribution in [0.1, 0.15) is 13.8 Å². The average molecular weight is 334 g/mol. The van der Waals surface area contributed by atoms with E-state index in [1.54, 1.807) is 0 Å². The Bertz CT molecular complexity index is 344. The molecule has 6 nitrogen and oxygen atoms in total. The van der Waals surface area contributed by atoms with Gasteiger partial charge in [-0.05, 0) is 13.8 Å². The summed E-state index contributed by atoms with van der Waals surface area (Å²) in [5.41, 5.74) is 0.352. The van der Waals surface area contributed by atoms with Gasteiger partial charge in [0.15, 0.2) is 0 Å². The van der Waals surface area contributed by atoms with E-state index < -0.39 is 37.0 Å². The molecule has 0 amide bonds. The van der Waals surface area contributed by atoms with Crippen molar-refractivity contribution in [1.82, 2.24) is 0 Å². The highest BCUT2D eigenvalue weighted by atomic mass is 19.3. The molecule has 4 N–H and O–H groups in total. The zero-order valence-electron chi connectivity index (χ0n) is 11.9. The van der Waals surface area contributed by atoms with Gasteiger partial charge in [-0.25, -0.2) is 9.59 Å². The fourth-order valence-electron chi connectivity index (χ4n) is 0.231. The van der Waals surface area contributed by atoms with Crippen LogP contribution in [-0.4, -0.2) is 57.4 Å². The van der Waals surface area contributed by atoms with Crippen LogP contribution < -0.4 is 0 Å². The van der Waals surface area contributed by atoms with E-state index in [-0.39, 0.29) is 11.1 Å². The monoisotopic (exact) mass is 334 g/mol. The normalized spacial score (nSPS) is 10.4. The number of carboxylic acids is 2. The predicted octanol–water partition coefficient (Wildman–Crippen LogP) is 1.54. The van der Waals surface area contributed by atoms with Crippen molar-refractivity contribution in [1.29, 1.82) is 0 Å². The maximum atomic E-state index is 11.8. The summed E-state index contributed by atoms with van der Waals surface area (Å²) in [6, 6.07) is 0. The van der Waals surface area contributed by atoms with Crippen molar-refractivity contribution in [2.24, 2.45) is 0 Å². The van der Waals surface area contributed by atoms with Crippen LogP contribution in [-0.2, 0) is 9.59 Å². The van der Waals surface area contributed by atoms with E-state index in [9.17, 15) is 27.2 Å². The topological polar surface area (TPSA) is 115 Å². The second-order valence-corrected chi connectivity index (χ2v) is 3.90. The number of rotatable bonds is 5. The van der Waals surface area contributed by atoms with Gasteiger partial charge in [-0.3, -0.25) is 0 Å². The lowest BCUT2D eigenvalue weighted by Gasteiger charge is -2.22. The Morgan fingerprint density at radius 1 is 0.818 bits per heavy atom. The van der Waals surface area contributed by atoms with E-state index in [0.29, 0.717) is 0 Å². The summed E-state index contributed by atoms with van der Waals surface area (Å²) in [5.74, 6) is -11.0. The Balaban J connectivity index is -0.000000261. The first-order valence-electron chi connectivity index (χ1n) is 5.41. The van der Waals surface area contributed by atoms with Crippen LogP contribution in [0.5, 0.6) is 0 Å². The molecule has 0 fully saturated rings. The number of carboxylic acid groups (broad SMARTS) is 2. The minimum Gasteiger partial charge on any atom is -0.478 e. The van der Waals surface area contributed by atoms with Crippen molar-refractivity contribution in [2.75, 3.05) is 13.2 Å². The first-order valence-corrected chi connectivity index (χ1v) is 5.41. The van der Waals surface area contributed by atoms with E-state index in [1.807, 2.05) is 0 Å². The molecular weight excluding hydrogens is 316 g/mol. The molecule has 0 aromatic rings. The maximum Gasteiger partial charge on any atom is 0.334 e. The van der Waals surface area contributed by atoms with Crippen molar-refractivity contribution >= 4 is 11.9 Å². The molecule has 0 saturated carbocycles. The third-order valence-electron chi connectivity index (χ3n) is 1.66. The third-order valence-corrected chi connectivity index (χ3v) is 1.66. The number of alkyl halides is 4. The molecule has 0 saturated heterocycles. The van der Waals surface area contributed by atoms with Crippen LogP contribution >= 0.6 is 0 Å². The quantitative estimate of drug-likeness (QED) is 0.448. The lowest BCUT2D eigenvalue weighted by atomic mass is 10.2. The fourth-order valence-corrected chi connectivity index (χ4v) is 0.231. The summed E-state index contributed by atoms with van der Waals surface area (Å²) in [6.45, 7) is 5.26. The Labute approximate surface area is 124 Å². The summed E-state index contributed by atoms with van der Waals surface area (Å²) in [4.78, 5) is 19.2. The highest BCUT2D eigenvalue weighted by Crippen LogP contribution is 2.32. The number of hydrogen-bond donors (Lipinski definition) is 4. The molecule has 0 heterocycles. The molecule has 0 spiro atoms. The van der Waals surface area contributed by atoms with Crippen molar-refractivity contribution in [3.8, 4) is 0 Å². The van der Waals surface area contributed by atoms with Gasteiger partial charge >= 0.3 is 23.8 Å². The minimum absolute atomic E-state index is 0.176. The van der Waals surface area contributed by atoms with Crippen molar-refractivity contribution in [3.05, 3.63) is 24.3 Å². The van der Waals surface area contributed by atoms with Crippen LogP contribution in [0.3, 0.4) is 0 Å². The predicted molar refractivity (Wildman–Crippen MR) is 69.0 cm³/mol. The SMILES string of the molecule is C=C(C)C(=O)O.C=C(C)C(=O)O.OCC(F)(F)C(F)(F)CO. The molecule has 0 unspecified atom stereocenters. The Morgan fingerprint density at radius 2 is 0.955 bits per heavy atom. The molecule has 0 bridgehead atoms. The number of aliphatic hydroxyl groups excluding tert-OH is 2. The van der Waals surface area contributed by atoms with Crippen LogP contribution in [0.4, 0.5) is 17.6 Å². The van der Waals surface area contributed by atoms with E-state index in [1.165, 1.54) is 13.8 Å². The summed E-state index contributed by atoms with van der Waals surface area (Å²) >= 11 is 0. The van der Waals surface area contributed by atoms with Gasteiger partial charge in [-0.1, -0.05) is 13.2 Å². The molecule has 130 valence electrons. The molecule has 0 atom stereocenters. The van der Waals surface area contributed by atoms with Crippen LogP contribution in [0.2, 0.25) is 0 Å². The van der Waals surface area contributed by atoms with Gasteiger partial charge < -0.3 is 20.4 Å². The zero-order chi connectivity index (χ0) is 18.7. The molecule has 0 aliphatic carbocycles. The van der Waals surface area contributed by atoms with Gasteiger partial charge in [-0.15, -0.1) is 0 Å². The number of aliphatic hydroxyl groups is 2. The molecule has 0 rings (SSSR count). The molecule has 0 aromatic heterocycles. The number of carbonyl (C=O) groups is 2. The van der Waals surface area contributed by atoms with Crippen molar-refractivity contribution < 1.29 is 47.6 Å². The Kier molecular flexibility index (Phi) is 12.2. The maximum absolute atomic E-state index is 11.8. The van der Waals surface area contributed by atoms with Crippen LogP contribution in [0.15, 0.2) is 24.3 Å². The van der Waals surface area contributed by atoms with E-state index in [0.717, 1.165) is 0 Å². The summed E-state index contributed by atoms with van der Waals surface area (Å²) in [5, 5.41) is 31.2. The molecule has 0 radical (unpaired) electrons. The first-order chi connectivity index (χ1) is 9.66. The minimum atomic E-state index is -4.54. The third kappa shape index (κ3) is 11.9. The van der Waals surface area contributed by atoms with Crippen LogP contribution in [0, 0.1) is 0 Å². The zero-order valence-corrected chi connectivity index (χ0v) is 11.9. The molecule has 0 aromatic carbocycles. The number of halogens is 4. The van der Waals surface area contributed by atoms with Crippen molar-refractivity contribution in [3.63, 3.8) is 0 Å². The second-order valence-electron chi connectivity index (χ2n) is 3.90. The number of hydrogen-bond acceptors (Lipinski definition) is 4. The van der Waals surface area contributed by atoms with Gasteiger partial charge in [0.2, 0.25) is 0 Å². The van der Waals surface area contributed by atoms with Gasteiger partial charge in [0.05, 0.1) is 0 Å². The van der Waals surface area contributed by atoms with E-state index in [2.05, 4.69) is 13.2 Å². The van der Waals surface area contributed by atoms with Gasteiger partial charge in [0.1, 0.15) is 13.2 Å². The standard InChI is InChI=1S/C4H6F4O2.2C4H6O2/c5-3(6,1-9)4(7,8)2-10;2*1-3(2)4(5)6/h9-10H,1-2H2;2*1H2,2H3,(H,5,6). The van der Waals surface area contributed by atoms with E-state index in [4.69, 9.17) is 20.4 Å². The lowest BCUT2D eigenvalue weighted by molar-refractivity contribution is -0.239. The average Bonchev–Trinajstić information content (AvgIpc) is 2.39. The highest BCUT2D eigenvalue weighted by Gasteiger charge is 2.55. The summed E-state index contributed by atoms with van der Waals surface area (Å²) in [6.07, 6.45) is 0. The molecule has 10 heteroatoms. The molecular formula is C12H18F4O6. The fraction of sp³-hybridized carbons (Fsp3) is 0.500. The smallest absolute Gasteiger partial charge is 0.334 e. The molecule has 22 heavy (non-hydrogen) atoms. The first kappa shape index (κ1) is 25.0. The van der Waals surface area contributed by atoms with Crippen LogP contribution in [0.25, 0.3) is 0 Å². The Morgan fingerprint density at radius 3 is 1.00 bits per heavy atom. The number of aliphatic carboxylic acids is 2. The Hall–Kier alpha value is -1.94. The highest BCUT2D eigenvalue weighted by molar-refractivity contribution is 5.85. The van der Waals surface area contributed by atoms with E-state index >= 15 is 0 Å². The summed E-state index contributed by atoms with van der Waals surface area (Å²) in [7, 11) is 0. The van der Waals surface area contributed by atoms with Crippen molar-refractivity contribution in [2.45, 2.75) is 25.7 Å². The molecule has 0 aliphatic heterocycles. The molecule has 0 aliphatic rings. The largest absolute Gasteiger partial charge is 0.478 e. The van der Waals surface area contributed by atoms with Gasteiger partial charge in [0, 0.05) is 11.1 Å². The lowest BCUT2D eigenvalue weighted by Crippen LogP contribution is -2.46. The van der Waals surface area contributed by atoms with Gasteiger partial charge in [0.25, 0.3) is 0 Å².